The summed E-state index contributed by atoms with van der Waals surface area (Å²) in [6, 6.07) is 5.76. The first-order valence-corrected chi connectivity index (χ1v) is 6.15. The molecule has 1 unspecified atom stereocenters. The third-order valence-electron chi connectivity index (χ3n) is 3.23. The first-order chi connectivity index (χ1) is 9.13. The Bertz CT molecular complexity index is 549. The Kier molecular flexibility index (Phi) is 2.70. The van der Waals surface area contributed by atoms with Gasteiger partial charge in [0.05, 0.1) is 0 Å². The molecule has 2 fully saturated rings. The van der Waals surface area contributed by atoms with Gasteiger partial charge in [-0.15, -0.1) is 0 Å². The lowest BCUT2D eigenvalue weighted by molar-refractivity contribution is -0.120. The van der Waals surface area contributed by atoms with Crippen molar-refractivity contribution in [2.45, 2.75) is 18.9 Å². The maximum Gasteiger partial charge on any atom is 0.322 e. The molecule has 1 atom stereocenters. The van der Waals surface area contributed by atoms with Crippen LogP contribution in [0.3, 0.4) is 0 Å². The molecule has 1 saturated heterocycles. The van der Waals surface area contributed by atoms with E-state index in [1.165, 1.54) is 0 Å². The summed E-state index contributed by atoms with van der Waals surface area (Å²) >= 11 is 0. The van der Waals surface area contributed by atoms with Crippen LogP contribution in [-0.4, -0.2) is 17.8 Å². The van der Waals surface area contributed by atoms with Gasteiger partial charge in [-0.1, -0.05) is 12.1 Å². The quantitative estimate of drug-likeness (QED) is 0.705. The predicted octanol–water partition coefficient (Wildman–Crippen LogP) is 0.916. The van der Waals surface area contributed by atoms with Crippen LogP contribution in [0, 0.1) is 5.92 Å². The number of carbonyl (C=O) groups excluding carboxylic acids is 3. The second-order valence-electron chi connectivity index (χ2n) is 4.78. The van der Waals surface area contributed by atoms with Gasteiger partial charge >= 0.3 is 6.03 Å². The average Bonchev–Trinajstić information content (AvgIpc) is 3.16. The Morgan fingerprint density at radius 3 is 2.37 bits per heavy atom. The van der Waals surface area contributed by atoms with E-state index >= 15 is 0 Å². The summed E-state index contributed by atoms with van der Waals surface area (Å²) in [5, 5.41) is 7.51. The van der Waals surface area contributed by atoms with Gasteiger partial charge in [-0.05, 0) is 30.5 Å². The zero-order valence-electron chi connectivity index (χ0n) is 10.1. The van der Waals surface area contributed by atoms with Crippen LogP contribution >= 0.6 is 0 Å². The fourth-order valence-electron chi connectivity index (χ4n) is 2.00. The number of rotatable bonds is 3. The van der Waals surface area contributed by atoms with Gasteiger partial charge in [0.15, 0.2) is 0 Å². The zero-order chi connectivity index (χ0) is 13.4. The molecule has 0 aromatic heterocycles. The molecule has 6 heteroatoms. The Hall–Kier alpha value is -2.37. The van der Waals surface area contributed by atoms with E-state index in [0.29, 0.717) is 11.3 Å². The van der Waals surface area contributed by atoms with Crippen LogP contribution < -0.4 is 16.0 Å². The highest BCUT2D eigenvalue weighted by Gasteiger charge is 2.31. The van der Waals surface area contributed by atoms with E-state index in [-0.39, 0.29) is 17.7 Å². The smallest absolute Gasteiger partial charge is 0.322 e. The highest BCUT2D eigenvalue weighted by Crippen LogP contribution is 2.30. The number of amides is 4. The number of hydrogen-bond acceptors (Lipinski definition) is 3. The van der Waals surface area contributed by atoms with Crippen molar-refractivity contribution < 1.29 is 14.4 Å². The van der Waals surface area contributed by atoms with Crippen molar-refractivity contribution in [1.29, 1.82) is 0 Å². The highest BCUT2D eigenvalue weighted by molar-refractivity contribution is 6.04. The number of benzene rings is 1. The molecule has 4 amide bonds. The van der Waals surface area contributed by atoms with E-state index in [1.54, 1.807) is 24.3 Å². The van der Waals surface area contributed by atoms with Crippen molar-refractivity contribution in [3.05, 3.63) is 29.8 Å². The fraction of sp³-hybridized carbons (Fsp3) is 0.308. The van der Waals surface area contributed by atoms with Crippen LogP contribution in [0.15, 0.2) is 24.3 Å². The second kappa shape index (κ2) is 4.38. The third-order valence-corrected chi connectivity index (χ3v) is 3.23. The molecule has 3 rings (SSSR count). The molecule has 1 saturated carbocycles. The standard InChI is InChI=1S/C13H13N3O3/c17-11(8-1-2-8)14-9-5-3-7(4-6-9)10-12(18)16-13(19)15-10/h3-6,8,10H,1-2H2,(H,14,17)(H2,15,16,18,19). The molecule has 3 N–H and O–H groups in total. The summed E-state index contributed by atoms with van der Waals surface area (Å²) < 4.78 is 0. The summed E-state index contributed by atoms with van der Waals surface area (Å²) in [6.07, 6.45) is 1.91. The summed E-state index contributed by atoms with van der Waals surface area (Å²) in [4.78, 5) is 34.1. The second-order valence-corrected chi connectivity index (χ2v) is 4.78. The van der Waals surface area contributed by atoms with Crippen molar-refractivity contribution in [1.82, 2.24) is 10.6 Å². The minimum Gasteiger partial charge on any atom is -0.326 e. The molecule has 19 heavy (non-hydrogen) atoms. The molecule has 0 spiro atoms. The monoisotopic (exact) mass is 259 g/mol. The Labute approximate surface area is 109 Å². The van der Waals surface area contributed by atoms with Gasteiger partial charge < -0.3 is 10.6 Å². The van der Waals surface area contributed by atoms with Crippen molar-refractivity contribution in [2.24, 2.45) is 5.92 Å². The lowest BCUT2D eigenvalue weighted by atomic mass is 10.1. The maximum atomic E-state index is 11.6. The lowest BCUT2D eigenvalue weighted by Crippen LogP contribution is -2.22. The van der Waals surface area contributed by atoms with Crippen LogP contribution in [0.2, 0.25) is 0 Å². The van der Waals surface area contributed by atoms with Crippen LogP contribution in [0.25, 0.3) is 0 Å². The summed E-state index contributed by atoms with van der Waals surface area (Å²) in [6.45, 7) is 0. The molecule has 1 aliphatic carbocycles. The molecule has 98 valence electrons. The molecule has 1 heterocycles. The maximum absolute atomic E-state index is 11.6. The number of carbonyl (C=O) groups is 3. The van der Waals surface area contributed by atoms with E-state index in [0.717, 1.165) is 12.8 Å². The van der Waals surface area contributed by atoms with Gasteiger partial charge in [0.2, 0.25) is 5.91 Å². The number of anilines is 1. The van der Waals surface area contributed by atoms with E-state index in [9.17, 15) is 14.4 Å². The minimum absolute atomic E-state index is 0.0414. The van der Waals surface area contributed by atoms with Gasteiger partial charge in [-0.25, -0.2) is 4.79 Å². The minimum atomic E-state index is -0.652. The Morgan fingerprint density at radius 2 is 1.84 bits per heavy atom. The van der Waals surface area contributed by atoms with Gasteiger partial charge in [-0.2, -0.15) is 0 Å². The molecule has 2 aliphatic rings. The van der Waals surface area contributed by atoms with Gasteiger partial charge in [0.25, 0.3) is 5.91 Å². The largest absolute Gasteiger partial charge is 0.326 e. The van der Waals surface area contributed by atoms with E-state index in [2.05, 4.69) is 16.0 Å². The van der Waals surface area contributed by atoms with Crippen LogP contribution in [0.5, 0.6) is 0 Å². The molecular weight excluding hydrogens is 246 g/mol. The van der Waals surface area contributed by atoms with Crippen molar-refractivity contribution in [3.63, 3.8) is 0 Å². The first-order valence-electron chi connectivity index (χ1n) is 6.15. The van der Waals surface area contributed by atoms with E-state index in [4.69, 9.17) is 0 Å². The van der Waals surface area contributed by atoms with Crippen molar-refractivity contribution >= 4 is 23.5 Å². The summed E-state index contributed by atoms with van der Waals surface area (Å²) in [7, 11) is 0. The number of imide groups is 1. The molecule has 6 nitrogen and oxygen atoms in total. The Balaban J connectivity index is 1.70. The van der Waals surface area contributed by atoms with Crippen molar-refractivity contribution in [3.8, 4) is 0 Å². The van der Waals surface area contributed by atoms with Crippen LogP contribution in [0.1, 0.15) is 24.4 Å². The predicted molar refractivity (Wildman–Crippen MR) is 67.2 cm³/mol. The van der Waals surface area contributed by atoms with Crippen LogP contribution in [0.4, 0.5) is 10.5 Å². The topological polar surface area (TPSA) is 87.3 Å². The summed E-state index contributed by atoms with van der Waals surface area (Å²) in [5.74, 6) is -0.168. The van der Waals surface area contributed by atoms with Crippen LogP contribution in [-0.2, 0) is 9.59 Å². The molecule has 1 aromatic carbocycles. The van der Waals surface area contributed by atoms with Gasteiger partial charge in [0, 0.05) is 11.6 Å². The lowest BCUT2D eigenvalue weighted by Gasteiger charge is -2.09. The van der Waals surface area contributed by atoms with Gasteiger partial charge in [-0.3, -0.25) is 14.9 Å². The molecule has 0 radical (unpaired) electrons. The molecule has 1 aromatic rings. The van der Waals surface area contributed by atoms with E-state index in [1.807, 2.05) is 0 Å². The first kappa shape index (κ1) is 11.7. The van der Waals surface area contributed by atoms with E-state index < -0.39 is 12.1 Å². The zero-order valence-corrected chi connectivity index (χ0v) is 10.1. The normalized spacial score (nSPS) is 21.8. The number of hydrogen-bond donors (Lipinski definition) is 3. The van der Waals surface area contributed by atoms with Crippen molar-refractivity contribution in [2.75, 3.05) is 5.32 Å². The average molecular weight is 259 g/mol. The SMILES string of the molecule is O=C1NC(=O)C(c2ccc(NC(=O)C3CC3)cc2)N1. The fourth-order valence-corrected chi connectivity index (χ4v) is 2.00. The Morgan fingerprint density at radius 1 is 1.16 bits per heavy atom. The molecular formula is C13H13N3O3. The van der Waals surface area contributed by atoms with Gasteiger partial charge in [0.1, 0.15) is 6.04 Å². The molecule has 0 bridgehead atoms. The highest BCUT2D eigenvalue weighted by atomic mass is 16.2. The third kappa shape index (κ3) is 2.42. The number of urea groups is 1. The summed E-state index contributed by atoms with van der Waals surface area (Å²) in [5.41, 5.74) is 1.39. The molecule has 1 aliphatic heterocycles. The number of nitrogens with one attached hydrogen (secondary N) is 3.